The van der Waals surface area contributed by atoms with Gasteiger partial charge in [-0.2, -0.15) is 5.10 Å². The van der Waals surface area contributed by atoms with E-state index in [0.717, 1.165) is 10.6 Å². The van der Waals surface area contributed by atoms with Gasteiger partial charge in [-0.15, -0.1) is 0 Å². The highest BCUT2D eigenvalue weighted by Crippen LogP contribution is 2.26. The molecule has 0 radical (unpaired) electrons. The summed E-state index contributed by atoms with van der Waals surface area (Å²) in [7, 11) is -2.45. The molecule has 12 heteroatoms. The first kappa shape index (κ1) is 22.1. The predicted molar refractivity (Wildman–Crippen MR) is 109 cm³/mol. The summed E-state index contributed by atoms with van der Waals surface area (Å²) in [5.74, 6) is -0.629. The Kier molecular flexibility index (Phi) is 7.13. The lowest BCUT2D eigenvalue weighted by Crippen LogP contribution is -2.39. The average Bonchev–Trinajstić information content (AvgIpc) is 2.65. The molecule has 0 saturated carbocycles. The number of hydrogen-bond acceptors (Lipinski definition) is 7. The molecule has 2 aromatic carbocycles. The summed E-state index contributed by atoms with van der Waals surface area (Å²) in [5, 5.41) is 15.1. The van der Waals surface area contributed by atoms with Crippen LogP contribution in [0.15, 0.2) is 47.6 Å². The molecular weight excluding hydrogens is 424 g/mol. The molecule has 0 spiro atoms. The number of methoxy groups -OCH3 is 1. The lowest BCUT2D eigenvalue weighted by atomic mass is 10.2. The van der Waals surface area contributed by atoms with Crippen molar-refractivity contribution in [3.05, 3.63) is 63.2 Å². The number of nitro benzene ring substituents is 1. The molecule has 2 rings (SSSR count). The first-order valence-corrected chi connectivity index (χ1v) is 10.2. The monoisotopic (exact) mass is 440 g/mol. The Morgan fingerprint density at radius 2 is 2.07 bits per heavy atom. The highest BCUT2D eigenvalue weighted by atomic mass is 35.5. The summed E-state index contributed by atoms with van der Waals surface area (Å²) in [6.07, 6.45) is 2.15. The van der Waals surface area contributed by atoms with Gasteiger partial charge in [-0.25, -0.2) is 13.8 Å². The van der Waals surface area contributed by atoms with E-state index in [4.69, 9.17) is 16.3 Å². The summed E-state index contributed by atoms with van der Waals surface area (Å²) < 4.78 is 29.8. The predicted octanol–water partition coefficient (Wildman–Crippen LogP) is 2.17. The van der Waals surface area contributed by atoms with Gasteiger partial charge in [0.15, 0.2) is 5.75 Å². The zero-order chi connectivity index (χ0) is 21.6. The van der Waals surface area contributed by atoms with Crippen LogP contribution in [0.2, 0.25) is 5.02 Å². The van der Waals surface area contributed by atoms with Crippen molar-refractivity contribution in [1.29, 1.82) is 0 Å². The highest BCUT2D eigenvalue weighted by molar-refractivity contribution is 7.92. The first-order chi connectivity index (χ1) is 13.6. The molecule has 0 bridgehead atoms. The number of nitrogens with one attached hydrogen (secondary N) is 1. The first-order valence-electron chi connectivity index (χ1n) is 7.99. The van der Waals surface area contributed by atoms with Crippen molar-refractivity contribution in [2.75, 3.05) is 24.2 Å². The molecule has 1 amide bonds. The highest BCUT2D eigenvalue weighted by Gasteiger charge is 2.21. The van der Waals surface area contributed by atoms with E-state index in [-0.39, 0.29) is 17.1 Å². The van der Waals surface area contributed by atoms with Gasteiger partial charge in [0.2, 0.25) is 10.0 Å². The van der Waals surface area contributed by atoms with Gasteiger partial charge in [-0.3, -0.25) is 19.2 Å². The van der Waals surface area contributed by atoms with E-state index in [1.165, 1.54) is 43.7 Å². The van der Waals surface area contributed by atoms with Crippen LogP contribution in [0.5, 0.6) is 5.75 Å². The van der Waals surface area contributed by atoms with Gasteiger partial charge in [0.05, 0.1) is 30.2 Å². The number of nitro groups is 1. The maximum atomic E-state index is 12.1. The van der Waals surface area contributed by atoms with E-state index in [0.29, 0.717) is 10.6 Å². The second-order valence-electron chi connectivity index (χ2n) is 5.73. The Bertz CT molecular complexity index is 1060. The molecule has 0 heterocycles. The molecule has 0 aliphatic heterocycles. The number of carbonyl (C=O) groups is 1. The fourth-order valence-electron chi connectivity index (χ4n) is 2.31. The van der Waals surface area contributed by atoms with Crippen molar-refractivity contribution >= 4 is 45.1 Å². The van der Waals surface area contributed by atoms with Crippen molar-refractivity contribution in [2.45, 2.75) is 0 Å². The van der Waals surface area contributed by atoms with Gasteiger partial charge in [-0.1, -0.05) is 17.7 Å². The quantitative estimate of drug-likeness (QED) is 0.380. The van der Waals surface area contributed by atoms with Crippen molar-refractivity contribution in [3.63, 3.8) is 0 Å². The van der Waals surface area contributed by atoms with Crippen LogP contribution >= 0.6 is 11.6 Å². The molecule has 10 nitrogen and oxygen atoms in total. The van der Waals surface area contributed by atoms with Crippen LogP contribution in [0.3, 0.4) is 0 Å². The molecule has 0 aromatic heterocycles. The Balaban J connectivity index is 2.11. The van der Waals surface area contributed by atoms with Gasteiger partial charge in [-0.05, 0) is 30.3 Å². The van der Waals surface area contributed by atoms with Crippen LogP contribution in [-0.4, -0.2) is 45.4 Å². The SMILES string of the molecule is COc1ccc(/C=N\NC(=O)CN(c2cccc(Cl)c2)S(C)(=O)=O)cc1[N+](=O)[O-]. The van der Waals surface area contributed by atoms with E-state index in [2.05, 4.69) is 10.5 Å². The van der Waals surface area contributed by atoms with E-state index in [1.807, 2.05) is 0 Å². The van der Waals surface area contributed by atoms with E-state index in [1.54, 1.807) is 12.1 Å². The van der Waals surface area contributed by atoms with Gasteiger partial charge in [0, 0.05) is 16.7 Å². The summed E-state index contributed by atoms with van der Waals surface area (Å²) in [4.78, 5) is 22.6. The van der Waals surface area contributed by atoms with Gasteiger partial charge >= 0.3 is 5.69 Å². The van der Waals surface area contributed by atoms with Crippen LogP contribution < -0.4 is 14.5 Å². The van der Waals surface area contributed by atoms with Crippen molar-refractivity contribution in [2.24, 2.45) is 5.10 Å². The zero-order valence-electron chi connectivity index (χ0n) is 15.4. The smallest absolute Gasteiger partial charge is 0.311 e. The minimum atomic E-state index is -3.76. The average molecular weight is 441 g/mol. The number of halogens is 1. The second-order valence-corrected chi connectivity index (χ2v) is 8.07. The van der Waals surface area contributed by atoms with Crippen molar-refractivity contribution < 1.29 is 22.9 Å². The second kappa shape index (κ2) is 9.34. The molecule has 2 aromatic rings. The van der Waals surface area contributed by atoms with E-state index >= 15 is 0 Å². The Labute approximate surface area is 171 Å². The fraction of sp³-hybridized carbons (Fsp3) is 0.176. The topological polar surface area (TPSA) is 131 Å². The number of hydrazone groups is 1. The number of rotatable bonds is 8. The molecule has 0 fully saturated rings. The number of anilines is 1. The molecule has 0 unspecified atom stereocenters. The van der Waals surface area contributed by atoms with E-state index in [9.17, 15) is 23.3 Å². The summed E-state index contributed by atoms with van der Waals surface area (Å²) in [6.45, 7) is -0.528. The fourth-order valence-corrected chi connectivity index (χ4v) is 3.34. The molecule has 1 N–H and O–H groups in total. The maximum absolute atomic E-state index is 12.1. The summed E-state index contributed by atoms with van der Waals surface area (Å²) in [6, 6.07) is 10.2. The van der Waals surface area contributed by atoms with Gasteiger partial charge in [0.25, 0.3) is 5.91 Å². The largest absolute Gasteiger partial charge is 0.490 e. The molecule has 0 atom stereocenters. The molecule has 0 aliphatic carbocycles. The Morgan fingerprint density at radius 1 is 1.34 bits per heavy atom. The van der Waals surface area contributed by atoms with Gasteiger partial charge in [0.1, 0.15) is 6.54 Å². The lowest BCUT2D eigenvalue weighted by molar-refractivity contribution is -0.385. The number of hydrogen-bond donors (Lipinski definition) is 1. The zero-order valence-corrected chi connectivity index (χ0v) is 17.0. The minimum Gasteiger partial charge on any atom is -0.490 e. The van der Waals surface area contributed by atoms with Crippen LogP contribution in [0, 0.1) is 10.1 Å². The van der Waals surface area contributed by atoms with Gasteiger partial charge < -0.3 is 4.74 Å². The maximum Gasteiger partial charge on any atom is 0.311 e. The Morgan fingerprint density at radius 3 is 2.66 bits per heavy atom. The molecule has 0 saturated heterocycles. The summed E-state index contributed by atoms with van der Waals surface area (Å²) in [5.41, 5.74) is 2.50. The van der Waals surface area contributed by atoms with Crippen molar-refractivity contribution in [3.8, 4) is 5.75 Å². The number of carbonyl (C=O) groups excluding carboxylic acids is 1. The standard InChI is InChI=1S/C17H17ClN4O6S/c1-28-16-7-6-12(8-15(16)22(24)25)10-19-20-17(23)11-21(29(2,26)27)14-5-3-4-13(18)9-14/h3-10H,11H2,1-2H3,(H,20,23)/b19-10-. The summed E-state index contributed by atoms with van der Waals surface area (Å²) >= 11 is 5.88. The molecule has 29 heavy (non-hydrogen) atoms. The Hall–Kier alpha value is -3.18. The van der Waals surface area contributed by atoms with Crippen LogP contribution in [0.1, 0.15) is 5.56 Å². The van der Waals surface area contributed by atoms with Crippen molar-refractivity contribution in [1.82, 2.24) is 5.43 Å². The van der Waals surface area contributed by atoms with Crippen LogP contribution in [0.4, 0.5) is 11.4 Å². The molecular formula is C17H17ClN4O6S. The normalized spacial score (nSPS) is 11.3. The molecule has 154 valence electrons. The third-order valence-electron chi connectivity index (χ3n) is 3.59. The van der Waals surface area contributed by atoms with E-state index < -0.39 is 27.4 Å². The third-order valence-corrected chi connectivity index (χ3v) is 4.96. The minimum absolute atomic E-state index is 0.0847. The van der Waals surface area contributed by atoms with Crippen LogP contribution in [-0.2, 0) is 14.8 Å². The molecule has 0 aliphatic rings. The number of sulfonamides is 1. The lowest BCUT2D eigenvalue weighted by Gasteiger charge is -2.21. The van der Waals surface area contributed by atoms with Crippen LogP contribution in [0.25, 0.3) is 0 Å². The number of amides is 1. The number of nitrogens with zero attached hydrogens (tertiary/aromatic N) is 3. The number of ether oxygens (including phenoxy) is 1. The third kappa shape index (κ3) is 6.16. The number of benzene rings is 2.